The number of halogens is 1. The molecule has 2 aliphatic rings. The second kappa shape index (κ2) is 10.3. The van der Waals surface area contributed by atoms with E-state index in [0.29, 0.717) is 27.9 Å². The van der Waals surface area contributed by atoms with Crippen molar-refractivity contribution in [2.24, 2.45) is 5.41 Å². The van der Waals surface area contributed by atoms with E-state index in [1.165, 1.54) is 11.6 Å². The molecule has 0 bridgehead atoms. The lowest BCUT2D eigenvalue weighted by Crippen LogP contribution is -2.48. The van der Waals surface area contributed by atoms with Crippen molar-refractivity contribution in [2.45, 2.75) is 52.2 Å². The number of fused-ring (bicyclic) bond motifs is 2. The first-order chi connectivity index (χ1) is 19.9. The SMILES string of the molecule is CC(=O)c1nn(CC(=O)NC(=O)C2CC3(C)CC3N2c2nc(Br)ccc2C)c2ccc(-c3cnc(N(C)C)nc3)cc12. The molecule has 6 rings (SSSR count). The average molecular weight is 632 g/mol. The Morgan fingerprint density at radius 2 is 1.83 bits per heavy atom. The van der Waals surface area contributed by atoms with Gasteiger partial charge < -0.3 is 9.80 Å². The summed E-state index contributed by atoms with van der Waals surface area (Å²) in [6.07, 6.45) is 5.08. The number of aromatic nitrogens is 5. The van der Waals surface area contributed by atoms with Gasteiger partial charge in [0.25, 0.3) is 0 Å². The number of benzene rings is 1. The molecule has 2 fully saturated rings. The van der Waals surface area contributed by atoms with Crippen molar-refractivity contribution in [1.82, 2.24) is 30.0 Å². The molecule has 1 N–H and O–H groups in total. The van der Waals surface area contributed by atoms with Crippen molar-refractivity contribution < 1.29 is 14.4 Å². The fraction of sp³-hybridized carbons (Fsp3) is 0.367. The molecule has 4 aromatic rings. The van der Waals surface area contributed by atoms with Crippen molar-refractivity contribution in [3.05, 3.63) is 58.6 Å². The number of pyridine rings is 1. The highest BCUT2D eigenvalue weighted by atomic mass is 79.9. The molecule has 1 saturated carbocycles. The van der Waals surface area contributed by atoms with E-state index < -0.39 is 11.9 Å². The lowest BCUT2D eigenvalue weighted by Gasteiger charge is -2.28. The molecular formula is C30H31BrN8O3. The predicted octanol–water partition coefficient (Wildman–Crippen LogP) is 3.93. The van der Waals surface area contributed by atoms with Crippen LogP contribution in [-0.2, 0) is 16.1 Å². The van der Waals surface area contributed by atoms with Crippen molar-refractivity contribution in [3.63, 3.8) is 0 Å². The van der Waals surface area contributed by atoms with Crippen LogP contribution in [-0.4, -0.2) is 68.5 Å². The molecule has 3 unspecified atom stereocenters. The summed E-state index contributed by atoms with van der Waals surface area (Å²) in [7, 11) is 3.73. The van der Waals surface area contributed by atoms with Crippen LogP contribution in [0.1, 0.15) is 42.7 Å². The highest BCUT2D eigenvalue weighted by Gasteiger charge is 2.63. The van der Waals surface area contributed by atoms with Crippen LogP contribution in [0.3, 0.4) is 0 Å². The maximum absolute atomic E-state index is 13.5. The Bertz CT molecular complexity index is 1750. The number of anilines is 2. The Labute approximate surface area is 251 Å². The highest BCUT2D eigenvalue weighted by molar-refractivity contribution is 9.10. The van der Waals surface area contributed by atoms with Gasteiger partial charge in [0.1, 0.15) is 28.7 Å². The van der Waals surface area contributed by atoms with Crippen molar-refractivity contribution in [3.8, 4) is 11.1 Å². The van der Waals surface area contributed by atoms with E-state index in [2.05, 4.69) is 53.1 Å². The first-order valence-corrected chi connectivity index (χ1v) is 14.5. The van der Waals surface area contributed by atoms with Crippen LogP contribution in [0, 0.1) is 12.3 Å². The molecule has 0 spiro atoms. The number of piperidine rings is 1. The summed E-state index contributed by atoms with van der Waals surface area (Å²) in [6.45, 7) is 5.37. The smallest absolute Gasteiger partial charge is 0.249 e. The molecule has 4 heterocycles. The van der Waals surface area contributed by atoms with Crippen LogP contribution in [0.2, 0.25) is 0 Å². The second-order valence-corrected chi connectivity index (χ2v) is 12.5. The number of aryl methyl sites for hydroxylation is 1. The molecule has 216 valence electrons. The Kier molecular flexibility index (Phi) is 6.83. The molecular weight excluding hydrogens is 600 g/mol. The first-order valence-electron chi connectivity index (χ1n) is 13.7. The topological polar surface area (TPSA) is 126 Å². The van der Waals surface area contributed by atoms with E-state index in [0.717, 1.165) is 28.9 Å². The van der Waals surface area contributed by atoms with E-state index >= 15 is 0 Å². The first kappa shape index (κ1) is 28.0. The van der Waals surface area contributed by atoms with Gasteiger partial charge in [-0.25, -0.2) is 15.0 Å². The summed E-state index contributed by atoms with van der Waals surface area (Å²) in [5.74, 6) is 0.261. The summed E-state index contributed by atoms with van der Waals surface area (Å²) in [6, 6.07) is 9.08. The van der Waals surface area contributed by atoms with Gasteiger partial charge in [-0.1, -0.05) is 19.1 Å². The van der Waals surface area contributed by atoms with E-state index in [9.17, 15) is 14.4 Å². The van der Waals surface area contributed by atoms with Crippen LogP contribution < -0.4 is 15.1 Å². The highest BCUT2D eigenvalue weighted by Crippen LogP contribution is 2.60. The van der Waals surface area contributed by atoms with E-state index in [1.54, 1.807) is 12.4 Å². The van der Waals surface area contributed by atoms with E-state index in [4.69, 9.17) is 0 Å². The Morgan fingerprint density at radius 3 is 2.52 bits per heavy atom. The third kappa shape index (κ3) is 4.93. The Morgan fingerprint density at radius 1 is 1.10 bits per heavy atom. The molecule has 11 nitrogen and oxygen atoms in total. The molecule has 0 radical (unpaired) electrons. The van der Waals surface area contributed by atoms with E-state index in [-0.39, 0.29) is 35.4 Å². The van der Waals surface area contributed by atoms with Gasteiger partial charge >= 0.3 is 0 Å². The summed E-state index contributed by atoms with van der Waals surface area (Å²) < 4.78 is 2.16. The van der Waals surface area contributed by atoms with Gasteiger partial charge in [0.05, 0.1) is 5.52 Å². The number of nitrogens with one attached hydrogen (secondary N) is 1. The van der Waals surface area contributed by atoms with Gasteiger partial charge in [-0.3, -0.25) is 24.4 Å². The number of amides is 2. The minimum atomic E-state index is -0.510. The fourth-order valence-corrected chi connectivity index (χ4v) is 6.20. The third-order valence-electron chi connectivity index (χ3n) is 8.23. The molecule has 1 aliphatic heterocycles. The molecule has 1 saturated heterocycles. The molecule has 2 amide bonds. The normalized spacial score (nSPS) is 20.9. The number of hydrogen-bond acceptors (Lipinski definition) is 9. The number of carbonyl (C=O) groups is 3. The standard InChI is InChI=1S/C30H31BrN8O3/c1-16-6-9-24(31)34-27(16)39-22(11-30(3)12-23(30)39)28(42)35-25(41)15-38-21-8-7-18(10-20(21)26(36-38)17(2)40)19-13-32-29(33-14-19)37(4)5/h6-10,13-14,22-23H,11-12,15H2,1-5H3,(H,35,41,42). The zero-order valence-corrected chi connectivity index (χ0v) is 25.6. The van der Waals surface area contributed by atoms with Crippen LogP contribution >= 0.6 is 15.9 Å². The average Bonchev–Trinajstić information content (AvgIpc) is 3.32. The van der Waals surface area contributed by atoms with Crippen LogP contribution in [0.25, 0.3) is 22.0 Å². The summed E-state index contributed by atoms with van der Waals surface area (Å²) >= 11 is 3.45. The number of ketones is 1. The Balaban J connectivity index is 1.23. The quantitative estimate of drug-likeness (QED) is 0.239. The number of carbonyl (C=O) groups excluding carboxylic acids is 3. The summed E-state index contributed by atoms with van der Waals surface area (Å²) in [4.78, 5) is 56.4. The van der Waals surface area contributed by atoms with Gasteiger partial charge in [-0.2, -0.15) is 5.10 Å². The van der Waals surface area contributed by atoms with Crippen molar-refractivity contribution >= 4 is 56.2 Å². The minimum absolute atomic E-state index is 0.0194. The lowest BCUT2D eigenvalue weighted by molar-refractivity contribution is -0.131. The molecule has 42 heavy (non-hydrogen) atoms. The molecule has 3 aromatic heterocycles. The number of Topliss-reactive ketones (excluding diaryl/α,β-unsaturated/α-hetero) is 1. The van der Waals surface area contributed by atoms with Crippen LogP contribution in [0.15, 0.2) is 47.3 Å². The molecule has 1 aliphatic carbocycles. The van der Waals surface area contributed by atoms with Gasteiger partial charge in [0.15, 0.2) is 5.78 Å². The third-order valence-corrected chi connectivity index (χ3v) is 8.67. The van der Waals surface area contributed by atoms with Crippen LogP contribution in [0.4, 0.5) is 11.8 Å². The maximum Gasteiger partial charge on any atom is 0.249 e. The largest absolute Gasteiger partial charge is 0.347 e. The number of rotatable bonds is 7. The number of hydrogen-bond donors (Lipinski definition) is 1. The van der Waals surface area contributed by atoms with Gasteiger partial charge in [0, 0.05) is 50.4 Å². The van der Waals surface area contributed by atoms with Crippen molar-refractivity contribution in [2.75, 3.05) is 23.9 Å². The van der Waals surface area contributed by atoms with Crippen molar-refractivity contribution in [1.29, 1.82) is 0 Å². The van der Waals surface area contributed by atoms with Gasteiger partial charge in [-0.05, 0) is 70.4 Å². The second-order valence-electron chi connectivity index (χ2n) is 11.6. The number of nitrogens with zero attached hydrogens (tertiary/aromatic N) is 7. The maximum atomic E-state index is 13.5. The Hall–Kier alpha value is -4.19. The van der Waals surface area contributed by atoms with Crippen LogP contribution in [0.5, 0.6) is 0 Å². The zero-order valence-electron chi connectivity index (χ0n) is 24.1. The molecule has 1 aromatic carbocycles. The monoisotopic (exact) mass is 630 g/mol. The minimum Gasteiger partial charge on any atom is -0.347 e. The van der Waals surface area contributed by atoms with Gasteiger partial charge in [0.2, 0.25) is 17.8 Å². The summed E-state index contributed by atoms with van der Waals surface area (Å²) in [5, 5.41) is 7.66. The molecule has 12 heteroatoms. The predicted molar refractivity (Wildman–Crippen MR) is 162 cm³/mol. The zero-order chi connectivity index (χ0) is 29.9. The van der Waals surface area contributed by atoms with Gasteiger partial charge in [-0.15, -0.1) is 0 Å². The lowest BCUT2D eigenvalue weighted by atomic mass is 10.0. The molecule has 3 atom stereocenters. The van der Waals surface area contributed by atoms with E-state index in [1.807, 2.05) is 56.3 Å². The fourth-order valence-electron chi connectivity index (χ4n) is 5.90. The number of imide groups is 1. The summed E-state index contributed by atoms with van der Waals surface area (Å²) in [5.41, 5.74) is 3.46.